The van der Waals surface area contributed by atoms with Crippen LogP contribution in [-0.2, 0) is 40.0 Å². The summed E-state index contributed by atoms with van der Waals surface area (Å²) in [5.74, 6) is -2.47. The first-order chi connectivity index (χ1) is 51.4. The van der Waals surface area contributed by atoms with Crippen LogP contribution >= 0.6 is 0 Å². The van der Waals surface area contributed by atoms with Gasteiger partial charge in [-0.1, -0.05) is 182 Å². The molecule has 6 heterocycles. The highest BCUT2D eigenvalue weighted by atomic mass is 16.3. The lowest BCUT2D eigenvalue weighted by molar-refractivity contribution is -0.153. The predicted molar refractivity (Wildman–Crippen MR) is 411 cm³/mol. The topological polar surface area (TPSA) is 264 Å². The van der Waals surface area contributed by atoms with E-state index in [4.69, 9.17) is 0 Å². The fraction of sp³-hybridized carbons (Fsp3) is 0.233. The number of likely N-dealkylation sites (tertiary alicyclic amines) is 4. The minimum atomic E-state index is -1.74. The molecule has 4 saturated heterocycles. The molecule has 10 aromatic rings. The predicted octanol–water partition coefficient (Wildman–Crippen LogP) is 13.0. The molecule has 14 rings (SSSR count). The number of hydrogen-bond donors (Lipinski definition) is 6. The second-order valence-electron chi connectivity index (χ2n) is 27.4. The van der Waals surface area contributed by atoms with Gasteiger partial charge >= 0.3 is 0 Å². The maximum Gasteiger partial charge on any atom is 0.273 e. The molecule has 0 aliphatic carbocycles. The minimum Gasteiger partial charge on any atom is -0.376 e. The smallest absolute Gasteiger partial charge is 0.273 e. The van der Waals surface area contributed by atoms with Gasteiger partial charge < -0.3 is 51.1 Å². The van der Waals surface area contributed by atoms with Crippen LogP contribution < -0.4 is 21.3 Å². The molecule has 0 bridgehead atoms. The molecule has 0 unspecified atom stereocenters. The van der Waals surface area contributed by atoms with E-state index in [1.807, 2.05) is 170 Å². The van der Waals surface area contributed by atoms with E-state index in [-0.39, 0.29) is 35.4 Å². The molecule has 6 N–H and O–H groups in total. The summed E-state index contributed by atoms with van der Waals surface area (Å²) in [4.78, 5) is 122. The number of nitrogens with one attached hydrogen (secondary N) is 4. The Hall–Kier alpha value is -12.3. The molecule has 8 aromatic carbocycles. The Morgan fingerprint density at radius 1 is 0.349 bits per heavy atom. The maximum absolute atomic E-state index is 13.5. The summed E-state index contributed by atoms with van der Waals surface area (Å²) < 4.78 is 0. The van der Waals surface area contributed by atoms with Crippen molar-refractivity contribution in [1.29, 1.82) is 0 Å². The first kappa shape index (κ1) is 72.1. The number of hydrogen-bond acceptors (Lipinski definition) is 12. The highest BCUT2D eigenvalue weighted by Crippen LogP contribution is 2.33. The molecule has 20 nitrogen and oxygen atoms in total. The van der Waals surface area contributed by atoms with Crippen molar-refractivity contribution in [3.8, 4) is 0 Å². The molecule has 8 amide bonds. The summed E-state index contributed by atoms with van der Waals surface area (Å²) in [5.41, 5.74) is 4.41. The van der Waals surface area contributed by atoms with E-state index in [0.717, 1.165) is 56.6 Å². The fourth-order valence-electron chi connectivity index (χ4n) is 14.3. The van der Waals surface area contributed by atoms with Crippen LogP contribution in [0.5, 0.6) is 0 Å². The number of benzene rings is 8. The van der Waals surface area contributed by atoms with Gasteiger partial charge in [0.25, 0.3) is 23.6 Å². The zero-order valence-electron chi connectivity index (χ0n) is 58.9. The first-order valence-corrected chi connectivity index (χ1v) is 35.9. The summed E-state index contributed by atoms with van der Waals surface area (Å²) in [6.45, 7) is 4.74. The number of pyridine rings is 2. The standard InChI is InChI=1S/C44H38N6O4.C42H44N4O6/c51-41(37-11-5-27-49(37)43(53)39-35-9-3-1-7-31(35)23-25-45-39)47-33-19-15-29(16-20-33)13-14-30-17-21-34(22-18-30)48-42(52)38-12-6-28-50(38)44(54)40-36-10-4-2-8-32(36)24-26-46-40;1-41(51,31-11-5-3-6-12-31)39(49)45-27-9-15-35(45)37(47)43-33-23-19-29(20-24-33)17-18-30-21-25-34(26-22-30)44-38(48)36-16-10-28-46(36)40(50)42(2,52)32-13-7-4-8-14-32/h1-4,7-10,13-26,37-38H,5-6,11-12,27-28H2,(H,47,51)(H,48,52);3-8,11-14,17-26,35-36,51-52H,9-10,15-16,27-28H2,1-2H3,(H,43,47)(H,44,48)/b14-13+;18-17+/t37-,38-;35-,36-,41-,42-/m00/s1. The van der Waals surface area contributed by atoms with Crippen molar-refractivity contribution in [1.82, 2.24) is 29.6 Å². The molecule has 4 aliphatic heterocycles. The molecule has 20 heteroatoms. The van der Waals surface area contributed by atoms with E-state index < -0.39 is 47.2 Å². The average molecular weight is 1420 g/mol. The van der Waals surface area contributed by atoms with Crippen LogP contribution in [0, 0.1) is 0 Å². The van der Waals surface area contributed by atoms with E-state index in [1.54, 1.807) is 95.0 Å². The molecule has 6 atom stereocenters. The molecule has 0 spiro atoms. The van der Waals surface area contributed by atoms with Crippen molar-refractivity contribution in [3.63, 3.8) is 0 Å². The van der Waals surface area contributed by atoms with E-state index >= 15 is 0 Å². The Morgan fingerprint density at radius 3 is 0.915 bits per heavy atom. The quantitative estimate of drug-likeness (QED) is 0.0438. The number of nitrogens with zero attached hydrogens (tertiary/aromatic N) is 6. The number of rotatable bonds is 18. The number of amides is 8. The van der Waals surface area contributed by atoms with Crippen molar-refractivity contribution in [2.45, 2.75) is 101 Å². The van der Waals surface area contributed by atoms with Crippen LogP contribution in [-0.4, -0.2) is 137 Å². The molecule has 4 aliphatic rings. The third-order valence-corrected chi connectivity index (χ3v) is 20.2. The molecule has 0 saturated carbocycles. The van der Waals surface area contributed by atoms with E-state index in [1.165, 1.54) is 23.6 Å². The summed E-state index contributed by atoms with van der Waals surface area (Å²) in [6.07, 6.45) is 16.1. The van der Waals surface area contributed by atoms with E-state index in [0.29, 0.717) is 110 Å². The number of aromatic nitrogens is 2. The lowest BCUT2D eigenvalue weighted by Gasteiger charge is -2.31. The van der Waals surface area contributed by atoms with Gasteiger partial charge in [-0.2, -0.15) is 0 Å². The van der Waals surface area contributed by atoms with Gasteiger partial charge in [0.05, 0.1) is 0 Å². The van der Waals surface area contributed by atoms with Crippen LogP contribution in [0.25, 0.3) is 45.8 Å². The molecule has 2 aromatic heterocycles. The molecule has 106 heavy (non-hydrogen) atoms. The monoisotopic (exact) mass is 1410 g/mol. The number of anilines is 4. The van der Waals surface area contributed by atoms with Crippen LogP contribution in [0.2, 0.25) is 0 Å². The Balaban J connectivity index is 0.000000188. The molecular formula is C86H82N10O10. The Kier molecular flexibility index (Phi) is 21.9. The minimum absolute atomic E-state index is 0.217. The Labute approximate surface area is 614 Å². The van der Waals surface area contributed by atoms with Crippen molar-refractivity contribution in [2.24, 2.45) is 0 Å². The Bertz CT molecular complexity index is 4630. The number of aliphatic hydroxyl groups is 2. The van der Waals surface area contributed by atoms with Crippen molar-refractivity contribution in [2.75, 3.05) is 47.4 Å². The van der Waals surface area contributed by atoms with E-state index in [2.05, 4.69) is 31.2 Å². The molecular weight excluding hydrogens is 1330 g/mol. The zero-order chi connectivity index (χ0) is 73.9. The maximum atomic E-state index is 13.5. The summed E-state index contributed by atoms with van der Waals surface area (Å²) in [6, 6.07) is 63.8. The Morgan fingerprint density at radius 2 is 0.613 bits per heavy atom. The zero-order valence-corrected chi connectivity index (χ0v) is 58.9. The van der Waals surface area contributed by atoms with Gasteiger partial charge in [0, 0.05) is 72.1 Å². The lowest BCUT2D eigenvalue weighted by Crippen LogP contribution is -2.50. The van der Waals surface area contributed by atoms with Crippen molar-refractivity contribution < 1.29 is 48.6 Å². The van der Waals surface area contributed by atoms with Gasteiger partial charge in [0.2, 0.25) is 23.6 Å². The second-order valence-corrected chi connectivity index (χ2v) is 27.4. The third kappa shape index (κ3) is 16.2. The molecule has 4 fully saturated rings. The van der Waals surface area contributed by atoms with E-state index in [9.17, 15) is 48.6 Å². The summed E-state index contributed by atoms with van der Waals surface area (Å²) in [5, 5.41) is 37.4. The van der Waals surface area contributed by atoms with Gasteiger partial charge in [-0.3, -0.25) is 48.3 Å². The number of carbonyl (C=O) groups is 8. The average Bonchev–Trinajstić information content (AvgIpc) is 1.61. The van der Waals surface area contributed by atoms with Gasteiger partial charge in [-0.15, -0.1) is 0 Å². The fourth-order valence-corrected chi connectivity index (χ4v) is 14.3. The van der Waals surface area contributed by atoms with Crippen molar-refractivity contribution in [3.05, 3.63) is 276 Å². The second kappa shape index (κ2) is 32.2. The highest BCUT2D eigenvalue weighted by Gasteiger charge is 2.45. The van der Waals surface area contributed by atoms with Crippen LogP contribution in [0.4, 0.5) is 22.7 Å². The van der Waals surface area contributed by atoms with Crippen molar-refractivity contribution >= 4 is 116 Å². The summed E-state index contributed by atoms with van der Waals surface area (Å²) in [7, 11) is 0. The lowest BCUT2D eigenvalue weighted by atomic mass is 9.94. The molecule has 536 valence electrons. The van der Waals surface area contributed by atoms with Gasteiger partial charge in [-0.25, -0.2) is 0 Å². The van der Waals surface area contributed by atoms with Crippen LogP contribution in [0.3, 0.4) is 0 Å². The van der Waals surface area contributed by atoms with Gasteiger partial charge in [-0.05, 0) is 170 Å². The third-order valence-electron chi connectivity index (χ3n) is 20.2. The molecule has 0 radical (unpaired) electrons. The highest BCUT2D eigenvalue weighted by molar-refractivity contribution is 6.09. The SMILES string of the molecule is C[C@@](O)(C(=O)N1CCC[C@H]1C(=O)Nc1ccc(/C=C/c2ccc(NC(=O)[C@@H]3CCCN3C(=O)[C@@](C)(O)c3ccccc3)cc2)cc1)c1ccccc1.O=C(Nc1ccc(/C=C/c2ccc(NC(=O)[C@@H]3CCCN3C(=O)c3nccc4ccccc34)cc2)cc1)[C@@H]1CCCN1C(=O)c1nccc2ccccc12. The normalized spacial score (nSPS) is 18.2. The first-order valence-electron chi connectivity index (χ1n) is 35.9. The van der Waals surface area contributed by atoms with Gasteiger partial charge in [0.1, 0.15) is 35.6 Å². The number of fused-ring (bicyclic) bond motifs is 2. The largest absolute Gasteiger partial charge is 0.376 e. The van der Waals surface area contributed by atoms with Crippen LogP contribution in [0.15, 0.2) is 231 Å². The summed E-state index contributed by atoms with van der Waals surface area (Å²) >= 11 is 0. The number of carbonyl (C=O) groups excluding carboxylic acids is 8. The van der Waals surface area contributed by atoms with Crippen LogP contribution in [0.1, 0.15) is 120 Å². The van der Waals surface area contributed by atoms with Gasteiger partial charge in [0.15, 0.2) is 11.2 Å².